The van der Waals surface area contributed by atoms with E-state index in [0.29, 0.717) is 16.8 Å². The van der Waals surface area contributed by atoms with Gasteiger partial charge in [0.2, 0.25) is 10.0 Å². The van der Waals surface area contributed by atoms with Gasteiger partial charge in [-0.3, -0.25) is 4.72 Å². The molecule has 0 saturated carbocycles. The van der Waals surface area contributed by atoms with E-state index in [0.717, 1.165) is 5.56 Å². The summed E-state index contributed by atoms with van der Waals surface area (Å²) in [7, 11) is -7.32. The van der Waals surface area contributed by atoms with E-state index >= 15 is 0 Å². The van der Waals surface area contributed by atoms with Crippen LogP contribution >= 0.6 is 0 Å². The van der Waals surface area contributed by atoms with Gasteiger partial charge in [-0.2, -0.15) is 0 Å². The molecule has 0 aliphatic rings. The Morgan fingerprint density at radius 1 is 0.957 bits per heavy atom. The van der Waals surface area contributed by atoms with E-state index < -0.39 is 20.0 Å². The highest BCUT2D eigenvalue weighted by atomic mass is 32.2. The third-order valence-corrected chi connectivity index (χ3v) is 5.47. The van der Waals surface area contributed by atoms with Crippen molar-refractivity contribution >= 4 is 25.7 Å². The maximum absolute atomic E-state index is 12.4. The fourth-order valence-corrected chi connectivity index (χ4v) is 4.16. The van der Waals surface area contributed by atoms with Crippen molar-refractivity contribution in [1.29, 1.82) is 0 Å². The number of aryl methyl sites for hydroxylation is 2. The molecule has 2 rings (SSSR count). The molecular formula is C15H18N2O4S2. The number of anilines is 1. The standard InChI is InChI=1S/C15H18N2O4S2/c1-11-3-8-15(12(2)9-11)23(20,21)17-14-6-4-13(5-7-14)10-22(16,18)19/h3-9,17H,10H2,1-2H3,(H2,16,18,19). The lowest BCUT2D eigenvalue weighted by atomic mass is 10.2. The number of hydrogen-bond acceptors (Lipinski definition) is 4. The Morgan fingerprint density at radius 3 is 2.09 bits per heavy atom. The van der Waals surface area contributed by atoms with Crippen LogP contribution in [0.2, 0.25) is 0 Å². The molecule has 124 valence electrons. The van der Waals surface area contributed by atoms with E-state index in [2.05, 4.69) is 4.72 Å². The smallest absolute Gasteiger partial charge is 0.262 e. The van der Waals surface area contributed by atoms with Crippen LogP contribution < -0.4 is 9.86 Å². The molecule has 3 N–H and O–H groups in total. The molecule has 0 aliphatic heterocycles. The van der Waals surface area contributed by atoms with E-state index in [1.807, 2.05) is 6.92 Å². The Balaban J connectivity index is 2.24. The number of nitrogens with two attached hydrogens (primary N) is 1. The van der Waals surface area contributed by atoms with Gasteiger partial charge in [0.1, 0.15) is 0 Å². The summed E-state index contributed by atoms with van der Waals surface area (Å²) < 4.78 is 49.4. The zero-order valence-electron chi connectivity index (χ0n) is 12.8. The summed E-state index contributed by atoms with van der Waals surface area (Å²) in [4.78, 5) is 0.205. The highest BCUT2D eigenvalue weighted by Crippen LogP contribution is 2.21. The summed E-state index contributed by atoms with van der Waals surface area (Å²) in [6.07, 6.45) is 0. The van der Waals surface area contributed by atoms with Crippen molar-refractivity contribution in [2.24, 2.45) is 5.14 Å². The largest absolute Gasteiger partial charge is 0.280 e. The highest BCUT2D eigenvalue weighted by Gasteiger charge is 2.17. The van der Waals surface area contributed by atoms with Crippen molar-refractivity contribution in [3.05, 3.63) is 59.2 Å². The van der Waals surface area contributed by atoms with Crippen LogP contribution in [-0.4, -0.2) is 16.8 Å². The Kier molecular flexibility index (Phi) is 4.79. The molecule has 0 amide bonds. The van der Waals surface area contributed by atoms with E-state index in [-0.39, 0.29) is 10.6 Å². The summed E-state index contributed by atoms with van der Waals surface area (Å²) in [5, 5.41) is 4.97. The van der Waals surface area contributed by atoms with Crippen LogP contribution in [0.3, 0.4) is 0 Å². The molecule has 2 aromatic carbocycles. The second-order valence-electron chi connectivity index (χ2n) is 5.38. The van der Waals surface area contributed by atoms with Crippen molar-refractivity contribution < 1.29 is 16.8 Å². The third kappa shape index (κ3) is 4.78. The summed E-state index contributed by atoms with van der Waals surface area (Å²) in [5.41, 5.74) is 2.47. The number of rotatable bonds is 5. The predicted molar refractivity (Wildman–Crippen MR) is 90.0 cm³/mol. The van der Waals surface area contributed by atoms with Gasteiger partial charge in [-0.15, -0.1) is 0 Å². The molecule has 0 heterocycles. The Bertz CT molecular complexity index is 918. The third-order valence-electron chi connectivity index (χ3n) is 3.19. The molecule has 2 aromatic rings. The number of nitrogens with one attached hydrogen (secondary N) is 1. The van der Waals surface area contributed by atoms with Crippen LogP contribution in [0.25, 0.3) is 0 Å². The van der Waals surface area contributed by atoms with E-state index in [1.54, 1.807) is 25.1 Å². The molecule has 0 spiro atoms. The molecule has 0 aromatic heterocycles. The Morgan fingerprint density at radius 2 is 1.57 bits per heavy atom. The zero-order valence-corrected chi connectivity index (χ0v) is 14.4. The van der Waals surface area contributed by atoms with Gasteiger partial charge in [0.15, 0.2) is 0 Å². The fraction of sp³-hybridized carbons (Fsp3) is 0.200. The molecule has 0 aliphatic carbocycles. The molecule has 0 saturated heterocycles. The first-order valence-electron chi connectivity index (χ1n) is 6.76. The van der Waals surface area contributed by atoms with Crippen molar-refractivity contribution in [3.63, 3.8) is 0 Å². The fourth-order valence-electron chi connectivity index (χ4n) is 2.21. The van der Waals surface area contributed by atoms with E-state index in [4.69, 9.17) is 5.14 Å². The topological polar surface area (TPSA) is 106 Å². The molecule has 0 bridgehead atoms. The van der Waals surface area contributed by atoms with Crippen molar-refractivity contribution in [3.8, 4) is 0 Å². The van der Waals surface area contributed by atoms with Crippen LogP contribution in [0.5, 0.6) is 0 Å². The van der Waals surface area contributed by atoms with Gasteiger partial charge in [-0.05, 0) is 43.2 Å². The second kappa shape index (κ2) is 6.31. The molecule has 0 radical (unpaired) electrons. The van der Waals surface area contributed by atoms with E-state index in [1.165, 1.54) is 24.3 Å². The maximum atomic E-state index is 12.4. The average Bonchev–Trinajstić information content (AvgIpc) is 2.38. The van der Waals surface area contributed by atoms with Crippen LogP contribution in [0, 0.1) is 13.8 Å². The summed E-state index contributed by atoms with van der Waals surface area (Å²) in [6, 6.07) is 11.1. The van der Waals surface area contributed by atoms with Crippen LogP contribution in [0.1, 0.15) is 16.7 Å². The monoisotopic (exact) mass is 354 g/mol. The SMILES string of the molecule is Cc1ccc(S(=O)(=O)Nc2ccc(CS(N)(=O)=O)cc2)c(C)c1. The minimum absolute atomic E-state index is 0.205. The van der Waals surface area contributed by atoms with Crippen LogP contribution in [0.15, 0.2) is 47.4 Å². The molecule has 0 unspecified atom stereocenters. The molecule has 23 heavy (non-hydrogen) atoms. The average molecular weight is 354 g/mol. The molecule has 8 heteroatoms. The Labute approximate surface area is 136 Å². The molecule has 0 fully saturated rings. The summed E-state index contributed by atoms with van der Waals surface area (Å²) in [5.74, 6) is -0.295. The van der Waals surface area contributed by atoms with Crippen LogP contribution in [0.4, 0.5) is 5.69 Å². The van der Waals surface area contributed by atoms with Gasteiger partial charge in [-0.1, -0.05) is 29.8 Å². The number of primary sulfonamides is 1. The van der Waals surface area contributed by atoms with Crippen molar-refractivity contribution in [2.45, 2.75) is 24.5 Å². The van der Waals surface area contributed by atoms with Gasteiger partial charge >= 0.3 is 0 Å². The normalized spacial score (nSPS) is 12.1. The summed E-state index contributed by atoms with van der Waals surface area (Å²) >= 11 is 0. The number of sulfonamides is 2. The number of hydrogen-bond donors (Lipinski definition) is 2. The minimum Gasteiger partial charge on any atom is -0.280 e. The van der Waals surface area contributed by atoms with E-state index in [9.17, 15) is 16.8 Å². The van der Waals surface area contributed by atoms with Gasteiger partial charge in [0.25, 0.3) is 10.0 Å². The quantitative estimate of drug-likeness (QED) is 0.855. The highest BCUT2D eigenvalue weighted by molar-refractivity contribution is 7.92. The van der Waals surface area contributed by atoms with Gasteiger partial charge in [0, 0.05) is 5.69 Å². The second-order valence-corrected chi connectivity index (χ2v) is 8.64. The lowest BCUT2D eigenvalue weighted by Gasteiger charge is -2.11. The molecule has 6 nitrogen and oxygen atoms in total. The van der Waals surface area contributed by atoms with Gasteiger partial charge in [-0.25, -0.2) is 22.0 Å². The minimum atomic E-state index is -3.70. The zero-order chi connectivity index (χ0) is 17.3. The van der Waals surface area contributed by atoms with Crippen LogP contribution in [-0.2, 0) is 25.8 Å². The maximum Gasteiger partial charge on any atom is 0.262 e. The Hall–Kier alpha value is -1.90. The number of benzene rings is 2. The lowest BCUT2D eigenvalue weighted by molar-refractivity contribution is 0.596. The van der Waals surface area contributed by atoms with Gasteiger partial charge < -0.3 is 0 Å². The first-order chi connectivity index (χ1) is 10.6. The molecular weight excluding hydrogens is 336 g/mol. The lowest BCUT2D eigenvalue weighted by Crippen LogP contribution is -2.15. The summed E-state index contributed by atoms with van der Waals surface area (Å²) in [6.45, 7) is 3.62. The van der Waals surface area contributed by atoms with Crippen molar-refractivity contribution in [1.82, 2.24) is 0 Å². The van der Waals surface area contributed by atoms with Gasteiger partial charge in [0.05, 0.1) is 10.6 Å². The first-order valence-corrected chi connectivity index (χ1v) is 9.96. The first kappa shape index (κ1) is 17.5. The van der Waals surface area contributed by atoms with Crippen molar-refractivity contribution in [2.75, 3.05) is 4.72 Å². The predicted octanol–water partition coefficient (Wildman–Crippen LogP) is 1.89. The molecule has 0 atom stereocenters.